The summed E-state index contributed by atoms with van der Waals surface area (Å²) in [6.45, 7) is 4.75. The second kappa shape index (κ2) is 6.84. The topological polar surface area (TPSA) is 124 Å². The number of amides is 1. The van der Waals surface area contributed by atoms with Gasteiger partial charge in [-0.3, -0.25) is 14.9 Å². The zero-order valence-corrected chi connectivity index (χ0v) is 13.5. The normalized spacial score (nSPS) is 11.9. The third kappa shape index (κ3) is 4.25. The third-order valence-electron chi connectivity index (χ3n) is 2.90. The van der Waals surface area contributed by atoms with E-state index < -0.39 is 27.4 Å². The fourth-order valence-electron chi connectivity index (χ4n) is 1.95. The standard InChI is InChI=1S/C13H19N3O5S/c1-9(2)7-15(8-13(14)17)22(20,21)12-6-11(16(18)19)5-4-10(12)3/h4-6,9H,7-8H2,1-3H3,(H2,14,17). The summed E-state index contributed by atoms with van der Waals surface area (Å²) in [6.07, 6.45) is 0. The van der Waals surface area contributed by atoms with Crippen LogP contribution < -0.4 is 5.73 Å². The Morgan fingerprint density at radius 3 is 2.45 bits per heavy atom. The first-order chi connectivity index (χ1) is 10.1. The van der Waals surface area contributed by atoms with Crippen LogP contribution in [-0.4, -0.2) is 36.6 Å². The number of non-ortho nitro benzene ring substituents is 1. The first-order valence-electron chi connectivity index (χ1n) is 6.59. The van der Waals surface area contributed by atoms with Crippen LogP contribution in [0.15, 0.2) is 23.1 Å². The molecule has 22 heavy (non-hydrogen) atoms. The Morgan fingerprint density at radius 2 is 2.00 bits per heavy atom. The number of nitro benzene ring substituents is 1. The van der Waals surface area contributed by atoms with Crippen LogP contribution >= 0.6 is 0 Å². The van der Waals surface area contributed by atoms with Crippen LogP contribution in [0.25, 0.3) is 0 Å². The fraction of sp³-hybridized carbons (Fsp3) is 0.462. The van der Waals surface area contributed by atoms with Crippen LogP contribution in [0.3, 0.4) is 0 Å². The maximum Gasteiger partial charge on any atom is 0.270 e. The smallest absolute Gasteiger partial charge is 0.270 e. The molecule has 0 spiro atoms. The van der Waals surface area contributed by atoms with Gasteiger partial charge in [-0.15, -0.1) is 0 Å². The van der Waals surface area contributed by atoms with Gasteiger partial charge >= 0.3 is 0 Å². The van der Waals surface area contributed by atoms with E-state index >= 15 is 0 Å². The summed E-state index contributed by atoms with van der Waals surface area (Å²) in [5, 5.41) is 10.8. The number of hydrogen-bond acceptors (Lipinski definition) is 5. The largest absolute Gasteiger partial charge is 0.369 e. The first-order valence-corrected chi connectivity index (χ1v) is 8.03. The molecule has 1 rings (SSSR count). The van der Waals surface area contributed by atoms with Gasteiger partial charge in [0.25, 0.3) is 5.69 Å². The van der Waals surface area contributed by atoms with Gasteiger partial charge in [0.15, 0.2) is 0 Å². The number of sulfonamides is 1. The Kier molecular flexibility index (Phi) is 5.61. The Balaban J connectivity index is 3.38. The van der Waals surface area contributed by atoms with Gasteiger partial charge in [-0.25, -0.2) is 8.42 Å². The molecule has 0 fully saturated rings. The molecule has 0 aliphatic rings. The Bertz CT molecular complexity index is 685. The highest BCUT2D eigenvalue weighted by Crippen LogP contribution is 2.25. The lowest BCUT2D eigenvalue weighted by Gasteiger charge is -2.23. The Morgan fingerprint density at radius 1 is 1.41 bits per heavy atom. The van der Waals surface area contributed by atoms with Crippen LogP contribution in [-0.2, 0) is 14.8 Å². The minimum Gasteiger partial charge on any atom is -0.369 e. The van der Waals surface area contributed by atoms with E-state index in [4.69, 9.17) is 5.73 Å². The molecule has 0 heterocycles. The molecule has 0 saturated heterocycles. The second-order valence-electron chi connectivity index (χ2n) is 5.36. The van der Waals surface area contributed by atoms with Gasteiger partial charge in [0, 0.05) is 18.7 Å². The van der Waals surface area contributed by atoms with Gasteiger partial charge in [-0.05, 0) is 18.4 Å². The highest BCUT2D eigenvalue weighted by molar-refractivity contribution is 7.89. The number of carbonyl (C=O) groups excluding carboxylic acids is 1. The quantitative estimate of drug-likeness (QED) is 0.591. The van der Waals surface area contributed by atoms with E-state index in [-0.39, 0.29) is 23.0 Å². The van der Waals surface area contributed by atoms with Crippen LogP contribution in [0.5, 0.6) is 0 Å². The van der Waals surface area contributed by atoms with Gasteiger partial charge in [0.05, 0.1) is 16.4 Å². The molecule has 0 aliphatic carbocycles. The van der Waals surface area contributed by atoms with E-state index in [1.54, 1.807) is 13.8 Å². The van der Waals surface area contributed by atoms with Gasteiger partial charge in [-0.2, -0.15) is 4.31 Å². The molecule has 0 aromatic heterocycles. The molecule has 2 N–H and O–H groups in total. The van der Waals surface area contributed by atoms with Crippen LogP contribution in [0.1, 0.15) is 19.4 Å². The molecule has 1 aromatic rings. The van der Waals surface area contributed by atoms with Gasteiger partial charge in [-0.1, -0.05) is 19.9 Å². The molecule has 0 bridgehead atoms. The Labute approximate surface area is 129 Å². The van der Waals surface area contributed by atoms with Gasteiger partial charge in [0.2, 0.25) is 15.9 Å². The van der Waals surface area contributed by atoms with Crippen molar-refractivity contribution in [3.63, 3.8) is 0 Å². The lowest BCUT2D eigenvalue weighted by Crippen LogP contribution is -2.40. The summed E-state index contributed by atoms with van der Waals surface area (Å²) < 4.78 is 26.3. The van der Waals surface area contributed by atoms with Crippen molar-refractivity contribution in [2.24, 2.45) is 11.7 Å². The highest BCUT2D eigenvalue weighted by Gasteiger charge is 2.29. The monoisotopic (exact) mass is 329 g/mol. The molecule has 0 unspecified atom stereocenters. The summed E-state index contributed by atoms with van der Waals surface area (Å²) in [5.41, 5.74) is 5.15. The van der Waals surface area contributed by atoms with E-state index in [9.17, 15) is 23.3 Å². The molecule has 122 valence electrons. The minimum atomic E-state index is -4.05. The van der Waals surface area contributed by atoms with Crippen LogP contribution in [0.2, 0.25) is 0 Å². The summed E-state index contributed by atoms with van der Waals surface area (Å²) in [7, 11) is -4.05. The van der Waals surface area contributed by atoms with Crippen molar-refractivity contribution in [2.45, 2.75) is 25.7 Å². The minimum absolute atomic E-state index is 0.0341. The average Bonchev–Trinajstić information content (AvgIpc) is 2.36. The van der Waals surface area contributed by atoms with E-state index in [1.807, 2.05) is 0 Å². The maximum absolute atomic E-state index is 12.7. The number of rotatable bonds is 7. The van der Waals surface area contributed by atoms with Crippen molar-refractivity contribution in [1.29, 1.82) is 0 Å². The van der Waals surface area contributed by atoms with Gasteiger partial charge < -0.3 is 5.73 Å². The third-order valence-corrected chi connectivity index (χ3v) is 4.85. The molecule has 0 radical (unpaired) electrons. The van der Waals surface area contributed by atoms with E-state index in [2.05, 4.69) is 0 Å². The molecule has 0 atom stereocenters. The fourth-order valence-corrected chi connectivity index (χ4v) is 3.76. The van der Waals surface area contributed by atoms with E-state index in [0.717, 1.165) is 10.4 Å². The number of carbonyl (C=O) groups is 1. The zero-order valence-electron chi connectivity index (χ0n) is 12.6. The van der Waals surface area contributed by atoms with Crippen molar-refractivity contribution < 1.29 is 18.1 Å². The number of aryl methyl sites for hydroxylation is 1. The highest BCUT2D eigenvalue weighted by atomic mass is 32.2. The maximum atomic E-state index is 12.7. The summed E-state index contributed by atoms with van der Waals surface area (Å²) in [4.78, 5) is 21.1. The molecule has 0 saturated carbocycles. The lowest BCUT2D eigenvalue weighted by atomic mass is 10.2. The van der Waals surface area contributed by atoms with Crippen molar-refractivity contribution in [3.05, 3.63) is 33.9 Å². The van der Waals surface area contributed by atoms with Crippen molar-refractivity contribution in [2.75, 3.05) is 13.1 Å². The number of hydrogen-bond donors (Lipinski definition) is 1. The molecule has 0 aliphatic heterocycles. The average molecular weight is 329 g/mol. The van der Waals surface area contributed by atoms with Crippen molar-refractivity contribution in [1.82, 2.24) is 4.31 Å². The summed E-state index contributed by atoms with van der Waals surface area (Å²) in [6, 6.07) is 3.59. The first kappa shape index (κ1) is 18.1. The predicted octanol–water partition coefficient (Wildman–Crippen LogP) is 1.04. The number of nitro groups is 1. The second-order valence-corrected chi connectivity index (χ2v) is 7.27. The summed E-state index contributed by atoms with van der Waals surface area (Å²) >= 11 is 0. The van der Waals surface area contributed by atoms with Gasteiger partial charge in [0.1, 0.15) is 0 Å². The van der Waals surface area contributed by atoms with E-state index in [0.29, 0.717) is 5.56 Å². The molecular weight excluding hydrogens is 310 g/mol. The summed E-state index contributed by atoms with van der Waals surface area (Å²) in [5.74, 6) is -0.819. The SMILES string of the molecule is Cc1ccc([N+](=O)[O-])cc1S(=O)(=O)N(CC(N)=O)CC(C)C. The number of nitrogens with zero attached hydrogens (tertiary/aromatic N) is 2. The zero-order chi connectivity index (χ0) is 17.1. The lowest BCUT2D eigenvalue weighted by molar-refractivity contribution is -0.385. The Hall–Kier alpha value is -2.00. The number of primary amides is 1. The van der Waals surface area contributed by atoms with E-state index in [1.165, 1.54) is 19.1 Å². The number of benzene rings is 1. The molecule has 1 aromatic carbocycles. The molecular formula is C13H19N3O5S. The molecule has 9 heteroatoms. The molecule has 1 amide bonds. The van der Waals surface area contributed by atoms with Crippen LogP contribution in [0, 0.1) is 23.0 Å². The number of nitrogens with two attached hydrogens (primary N) is 1. The van der Waals surface area contributed by atoms with Crippen molar-refractivity contribution in [3.8, 4) is 0 Å². The van der Waals surface area contributed by atoms with Crippen molar-refractivity contribution >= 4 is 21.6 Å². The predicted molar refractivity (Wildman–Crippen MR) is 80.6 cm³/mol. The molecule has 8 nitrogen and oxygen atoms in total. The van der Waals surface area contributed by atoms with Crippen LogP contribution in [0.4, 0.5) is 5.69 Å².